The summed E-state index contributed by atoms with van der Waals surface area (Å²) in [6.07, 6.45) is 0.485. The maximum atomic E-state index is 13.9. The van der Waals surface area contributed by atoms with Gasteiger partial charge in [0.2, 0.25) is 0 Å². The topological polar surface area (TPSA) is 79.6 Å². The second kappa shape index (κ2) is 9.34. The van der Waals surface area contributed by atoms with Crippen molar-refractivity contribution in [3.05, 3.63) is 100 Å². The van der Waals surface area contributed by atoms with Gasteiger partial charge in [0.05, 0.1) is 28.3 Å². The number of benzene rings is 4. The maximum absolute atomic E-state index is 13.9. The molecular formula is C27H21BrN2O4S. The van der Waals surface area contributed by atoms with Gasteiger partial charge in [-0.1, -0.05) is 34.1 Å². The molecule has 0 spiro atoms. The Morgan fingerprint density at radius 3 is 2.51 bits per heavy atom. The highest BCUT2D eigenvalue weighted by molar-refractivity contribution is 9.10. The Balaban J connectivity index is 1.64. The van der Waals surface area contributed by atoms with E-state index in [1.807, 2.05) is 36.4 Å². The van der Waals surface area contributed by atoms with Crippen LogP contribution in [0.1, 0.15) is 22.7 Å². The molecular weight excluding hydrogens is 528 g/mol. The first kappa shape index (κ1) is 23.4. The quantitative estimate of drug-likeness (QED) is 0.278. The van der Waals surface area contributed by atoms with Crippen molar-refractivity contribution >= 4 is 42.4 Å². The van der Waals surface area contributed by atoms with Crippen LogP contribution in [0.15, 0.2) is 88.2 Å². The zero-order valence-electron chi connectivity index (χ0n) is 18.8. The summed E-state index contributed by atoms with van der Waals surface area (Å²) in [4.78, 5) is 0.214. The standard InChI is InChI=1S/C27H21BrN2O4S/c1-33-17-34-24-8-11-26-22(14-24)15-27(30(26)35(31,32)25-9-6-23(28)7-10-25)20-5-4-19-3-2-18(16-29)12-21(19)13-20/h2-14,27H,15,17H2,1H3. The molecule has 1 aliphatic heterocycles. The smallest absolute Gasteiger partial charge is 0.264 e. The van der Waals surface area contributed by atoms with Crippen LogP contribution in [0.2, 0.25) is 0 Å². The summed E-state index contributed by atoms with van der Waals surface area (Å²) in [5, 5.41) is 11.2. The van der Waals surface area contributed by atoms with Gasteiger partial charge in [-0.05, 0) is 82.6 Å². The van der Waals surface area contributed by atoms with Crippen molar-refractivity contribution in [1.82, 2.24) is 0 Å². The number of anilines is 1. The number of nitriles is 1. The van der Waals surface area contributed by atoms with Crippen molar-refractivity contribution in [3.8, 4) is 11.8 Å². The fraction of sp³-hybridized carbons (Fsp3) is 0.148. The fourth-order valence-electron chi connectivity index (χ4n) is 4.43. The van der Waals surface area contributed by atoms with Crippen molar-refractivity contribution in [2.75, 3.05) is 18.2 Å². The fourth-order valence-corrected chi connectivity index (χ4v) is 6.37. The number of nitrogens with zero attached hydrogens (tertiary/aromatic N) is 2. The molecule has 0 N–H and O–H groups in total. The van der Waals surface area contributed by atoms with E-state index in [0.717, 1.165) is 26.4 Å². The minimum atomic E-state index is -3.87. The molecule has 6 nitrogen and oxygen atoms in total. The van der Waals surface area contributed by atoms with E-state index in [4.69, 9.17) is 9.47 Å². The minimum Gasteiger partial charge on any atom is -0.468 e. The van der Waals surface area contributed by atoms with E-state index in [2.05, 4.69) is 22.0 Å². The monoisotopic (exact) mass is 548 g/mol. The molecule has 35 heavy (non-hydrogen) atoms. The summed E-state index contributed by atoms with van der Waals surface area (Å²) in [5.74, 6) is 0.615. The van der Waals surface area contributed by atoms with Crippen LogP contribution in [0.25, 0.3) is 10.8 Å². The molecule has 1 heterocycles. The summed E-state index contributed by atoms with van der Waals surface area (Å²) in [6.45, 7) is 0.106. The van der Waals surface area contributed by atoms with Crippen LogP contribution in [0.5, 0.6) is 5.75 Å². The van der Waals surface area contributed by atoms with Gasteiger partial charge in [0, 0.05) is 18.0 Å². The van der Waals surface area contributed by atoms with Gasteiger partial charge in [0.15, 0.2) is 6.79 Å². The third kappa shape index (κ3) is 4.39. The second-order valence-electron chi connectivity index (χ2n) is 8.25. The summed E-state index contributed by atoms with van der Waals surface area (Å²) in [7, 11) is -2.32. The first-order chi connectivity index (χ1) is 16.9. The van der Waals surface area contributed by atoms with Crippen LogP contribution >= 0.6 is 15.9 Å². The zero-order chi connectivity index (χ0) is 24.6. The van der Waals surface area contributed by atoms with Crippen molar-refractivity contribution in [2.24, 2.45) is 0 Å². The van der Waals surface area contributed by atoms with E-state index in [1.54, 1.807) is 49.6 Å². The number of methoxy groups -OCH3 is 1. The molecule has 0 radical (unpaired) electrons. The number of fused-ring (bicyclic) bond motifs is 2. The Labute approximate surface area is 212 Å². The van der Waals surface area contributed by atoms with E-state index < -0.39 is 16.1 Å². The molecule has 5 rings (SSSR count). The average molecular weight is 549 g/mol. The third-order valence-corrected chi connectivity index (χ3v) is 8.44. The Kier molecular flexibility index (Phi) is 6.24. The van der Waals surface area contributed by atoms with Crippen LogP contribution in [-0.2, 0) is 21.2 Å². The first-order valence-electron chi connectivity index (χ1n) is 10.9. The lowest BCUT2D eigenvalue weighted by Crippen LogP contribution is -2.32. The summed E-state index contributed by atoms with van der Waals surface area (Å²) in [5.41, 5.74) is 2.90. The maximum Gasteiger partial charge on any atom is 0.264 e. The van der Waals surface area contributed by atoms with Crippen LogP contribution < -0.4 is 9.04 Å². The Morgan fingerprint density at radius 2 is 1.77 bits per heavy atom. The van der Waals surface area contributed by atoms with Crippen LogP contribution in [0.3, 0.4) is 0 Å². The van der Waals surface area contributed by atoms with Gasteiger partial charge in [-0.25, -0.2) is 8.42 Å². The number of hydrogen-bond donors (Lipinski definition) is 0. The second-order valence-corrected chi connectivity index (χ2v) is 11.0. The molecule has 0 saturated heterocycles. The molecule has 1 aliphatic rings. The van der Waals surface area contributed by atoms with Crippen molar-refractivity contribution in [2.45, 2.75) is 17.4 Å². The van der Waals surface area contributed by atoms with E-state index in [-0.39, 0.29) is 11.7 Å². The number of halogens is 1. The summed E-state index contributed by atoms with van der Waals surface area (Å²) >= 11 is 3.38. The lowest BCUT2D eigenvalue weighted by Gasteiger charge is -2.27. The Morgan fingerprint density at radius 1 is 1.00 bits per heavy atom. The number of hydrogen-bond acceptors (Lipinski definition) is 5. The molecule has 0 bridgehead atoms. The van der Waals surface area contributed by atoms with Crippen LogP contribution in [-0.4, -0.2) is 22.3 Å². The van der Waals surface area contributed by atoms with E-state index in [1.165, 1.54) is 4.31 Å². The predicted octanol–water partition coefficient (Wildman–Crippen LogP) is 5.95. The normalized spacial score (nSPS) is 15.1. The molecule has 0 aromatic heterocycles. The van der Waals surface area contributed by atoms with E-state index in [9.17, 15) is 13.7 Å². The summed E-state index contributed by atoms with van der Waals surface area (Å²) in [6, 6.07) is 25.2. The van der Waals surface area contributed by atoms with E-state index in [0.29, 0.717) is 23.4 Å². The molecule has 1 unspecified atom stereocenters. The molecule has 0 aliphatic carbocycles. The van der Waals surface area contributed by atoms with Gasteiger partial charge < -0.3 is 9.47 Å². The molecule has 0 fully saturated rings. The number of ether oxygens (including phenoxy) is 2. The molecule has 1 atom stereocenters. The minimum absolute atomic E-state index is 0.106. The SMILES string of the molecule is COCOc1ccc2c(c1)CC(c1ccc3ccc(C#N)cc3c1)N2S(=O)(=O)c1ccc(Br)cc1. The Hall–Kier alpha value is -3.38. The average Bonchev–Trinajstić information content (AvgIpc) is 3.26. The Bertz CT molecular complexity index is 1560. The molecule has 176 valence electrons. The van der Waals surface area contributed by atoms with Gasteiger partial charge >= 0.3 is 0 Å². The largest absolute Gasteiger partial charge is 0.468 e. The lowest BCUT2D eigenvalue weighted by atomic mass is 9.98. The van der Waals surface area contributed by atoms with Gasteiger partial charge in [-0.3, -0.25) is 4.31 Å². The van der Waals surface area contributed by atoms with Crippen molar-refractivity contribution < 1.29 is 17.9 Å². The number of sulfonamides is 1. The molecule has 0 amide bonds. The molecule has 4 aromatic carbocycles. The predicted molar refractivity (Wildman–Crippen MR) is 138 cm³/mol. The van der Waals surface area contributed by atoms with Crippen LogP contribution in [0.4, 0.5) is 5.69 Å². The van der Waals surface area contributed by atoms with Crippen molar-refractivity contribution in [3.63, 3.8) is 0 Å². The highest BCUT2D eigenvalue weighted by Gasteiger charge is 2.39. The molecule has 0 saturated carbocycles. The van der Waals surface area contributed by atoms with Gasteiger partial charge in [0.25, 0.3) is 10.0 Å². The molecule has 8 heteroatoms. The van der Waals surface area contributed by atoms with Gasteiger partial charge in [-0.2, -0.15) is 5.26 Å². The zero-order valence-corrected chi connectivity index (χ0v) is 21.2. The van der Waals surface area contributed by atoms with Gasteiger partial charge in [0.1, 0.15) is 5.75 Å². The highest BCUT2D eigenvalue weighted by Crippen LogP contribution is 2.45. The third-order valence-electron chi connectivity index (χ3n) is 6.08. The van der Waals surface area contributed by atoms with Crippen LogP contribution in [0, 0.1) is 11.3 Å². The highest BCUT2D eigenvalue weighted by atomic mass is 79.9. The lowest BCUT2D eigenvalue weighted by molar-refractivity contribution is 0.0511. The van der Waals surface area contributed by atoms with Crippen molar-refractivity contribution in [1.29, 1.82) is 5.26 Å². The molecule has 4 aromatic rings. The van der Waals surface area contributed by atoms with E-state index >= 15 is 0 Å². The van der Waals surface area contributed by atoms with Gasteiger partial charge in [-0.15, -0.1) is 0 Å². The first-order valence-corrected chi connectivity index (χ1v) is 13.1. The summed E-state index contributed by atoms with van der Waals surface area (Å²) < 4.78 is 40.8. The number of rotatable bonds is 6.